The first-order valence-corrected chi connectivity index (χ1v) is 11.2. The molecule has 1 N–H and O–H groups in total. The standard InChI is InChI=1S/C20H26N4O3S/c1-3-24(4-2)28(25,26)17-12-10-15(11-13-17)19-23-18(14-21)20(27-19)22-16-8-6-5-7-9-16/h10-13,16,22H,3-9H2,1-2H3. The Balaban J connectivity index is 1.83. The first-order valence-electron chi connectivity index (χ1n) is 9.77. The Morgan fingerprint density at radius 2 is 1.82 bits per heavy atom. The zero-order chi connectivity index (χ0) is 20.1. The second-order valence-corrected chi connectivity index (χ2v) is 8.84. The second-order valence-electron chi connectivity index (χ2n) is 6.90. The summed E-state index contributed by atoms with van der Waals surface area (Å²) in [5.41, 5.74) is 0.854. The molecule has 1 heterocycles. The molecule has 1 aromatic heterocycles. The summed E-state index contributed by atoms with van der Waals surface area (Å²) >= 11 is 0. The third-order valence-electron chi connectivity index (χ3n) is 5.12. The van der Waals surface area contributed by atoms with Crippen LogP contribution >= 0.6 is 0 Å². The molecule has 7 nitrogen and oxygen atoms in total. The highest BCUT2D eigenvalue weighted by molar-refractivity contribution is 7.89. The number of benzene rings is 1. The molecule has 150 valence electrons. The Morgan fingerprint density at radius 3 is 2.39 bits per heavy atom. The molecule has 1 saturated carbocycles. The number of anilines is 1. The average molecular weight is 403 g/mol. The van der Waals surface area contributed by atoms with Crippen molar-refractivity contribution >= 4 is 15.9 Å². The van der Waals surface area contributed by atoms with Crippen LogP contribution in [-0.4, -0.2) is 36.8 Å². The van der Waals surface area contributed by atoms with E-state index in [-0.39, 0.29) is 10.6 Å². The molecule has 0 spiro atoms. The van der Waals surface area contributed by atoms with Crippen molar-refractivity contribution in [3.63, 3.8) is 0 Å². The van der Waals surface area contributed by atoms with Crippen molar-refractivity contribution in [3.05, 3.63) is 30.0 Å². The Kier molecular flexibility index (Phi) is 6.37. The van der Waals surface area contributed by atoms with E-state index in [1.165, 1.54) is 23.6 Å². The predicted octanol–water partition coefficient (Wildman–Crippen LogP) is 3.99. The van der Waals surface area contributed by atoms with E-state index in [0.717, 1.165) is 12.8 Å². The molecule has 0 amide bonds. The minimum atomic E-state index is -3.51. The maximum atomic E-state index is 12.6. The van der Waals surface area contributed by atoms with Crippen molar-refractivity contribution in [2.75, 3.05) is 18.4 Å². The third kappa shape index (κ3) is 4.21. The molecule has 0 unspecified atom stereocenters. The number of nitriles is 1. The summed E-state index contributed by atoms with van der Waals surface area (Å²) in [5.74, 6) is 0.700. The molecule has 1 fully saturated rings. The Labute approximate surface area is 166 Å². The summed E-state index contributed by atoms with van der Waals surface area (Å²) in [7, 11) is -3.51. The molecule has 0 atom stereocenters. The first kappa shape index (κ1) is 20.4. The molecule has 0 radical (unpaired) electrons. The van der Waals surface area contributed by atoms with E-state index >= 15 is 0 Å². The van der Waals surface area contributed by atoms with E-state index in [1.807, 2.05) is 13.8 Å². The summed E-state index contributed by atoms with van der Waals surface area (Å²) < 4.78 is 32.4. The largest absolute Gasteiger partial charge is 0.419 e. The molecular weight excluding hydrogens is 376 g/mol. The van der Waals surface area contributed by atoms with Gasteiger partial charge in [-0.1, -0.05) is 33.1 Å². The number of oxazole rings is 1. The van der Waals surface area contributed by atoms with Crippen molar-refractivity contribution in [1.82, 2.24) is 9.29 Å². The minimum absolute atomic E-state index is 0.223. The van der Waals surface area contributed by atoms with Crippen LogP contribution in [-0.2, 0) is 10.0 Å². The molecular formula is C20H26N4O3S. The molecule has 1 aliphatic carbocycles. The van der Waals surface area contributed by atoms with Crippen molar-refractivity contribution in [2.24, 2.45) is 0 Å². The molecule has 3 rings (SSSR count). The number of hydrogen-bond donors (Lipinski definition) is 1. The Hall–Kier alpha value is -2.37. The van der Waals surface area contributed by atoms with Crippen molar-refractivity contribution in [2.45, 2.75) is 56.9 Å². The van der Waals surface area contributed by atoms with E-state index in [9.17, 15) is 13.7 Å². The number of sulfonamides is 1. The van der Waals surface area contributed by atoms with Gasteiger partial charge < -0.3 is 9.73 Å². The molecule has 0 bridgehead atoms. The van der Waals surface area contributed by atoms with Gasteiger partial charge in [-0.2, -0.15) is 14.6 Å². The van der Waals surface area contributed by atoms with Crippen LogP contribution in [0.2, 0.25) is 0 Å². The van der Waals surface area contributed by atoms with Gasteiger partial charge in [0.1, 0.15) is 6.07 Å². The fraction of sp³-hybridized carbons (Fsp3) is 0.500. The van der Waals surface area contributed by atoms with E-state index in [0.29, 0.717) is 36.5 Å². The average Bonchev–Trinajstić information content (AvgIpc) is 3.12. The maximum Gasteiger partial charge on any atom is 0.243 e. The fourth-order valence-corrected chi connectivity index (χ4v) is 4.99. The number of nitrogens with zero attached hydrogens (tertiary/aromatic N) is 3. The molecule has 0 aliphatic heterocycles. The molecule has 8 heteroatoms. The van der Waals surface area contributed by atoms with Crippen LogP contribution in [0.4, 0.5) is 5.88 Å². The van der Waals surface area contributed by atoms with Crippen LogP contribution in [0.25, 0.3) is 11.5 Å². The van der Waals surface area contributed by atoms with Crippen LogP contribution < -0.4 is 5.32 Å². The summed E-state index contributed by atoms with van der Waals surface area (Å²) in [6.45, 7) is 4.46. The smallest absolute Gasteiger partial charge is 0.243 e. The van der Waals surface area contributed by atoms with E-state index in [4.69, 9.17) is 4.42 Å². The highest BCUT2D eigenvalue weighted by atomic mass is 32.2. The molecule has 2 aromatic rings. The molecule has 1 aliphatic rings. The summed E-state index contributed by atoms with van der Waals surface area (Å²) in [5, 5.41) is 12.7. The fourth-order valence-electron chi connectivity index (χ4n) is 3.53. The van der Waals surface area contributed by atoms with Crippen LogP contribution in [0.15, 0.2) is 33.6 Å². The van der Waals surface area contributed by atoms with Gasteiger partial charge in [0, 0.05) is 24.7 Å². The van der Waals surface area contributed by atoms with Gasteiger partial charge in [0.2, 0.25) is 27.5 Å². The monoisotopic (exact) mass is 402 g/mol. The zero-order valence-corrected chi connectivity index (χ0v) is 17.1. The van der Waals surface area contributed by atoms with Crippen LogP contribution in [0.1, 0.15) is 51.6 Å². The number of aromatic nitrogens is 1. The van der Waals surface area contributed by atoms with Crippen molar-refractivity contribution in [3.8, 4) is 17.5 Å². The Morgan fingerprint density at radius 1 is 1.18 bits per heavy atom. The van der Waals surface area contributed by atoms with Gasteiger partial charge in [0.25, 0.3) is 0 Å². The van der Waals surface area contributed by atoms with E-state index in [1.54, 1.807) is 24.3 Å². The van der Waals surface area contributed by atoms with Gasteiger partial charge in [-0.05, 0) is 37.1 Å². The van der Waals surface area contributed by atoms with Crippen LogP contribution in [0, 0.1) is 11.3 Å². The third-order valence-corrected chi connectivity index (χ3v) is 7.18. The number of rotatable bonds is 7. The Bertz CT molecular complexity index is 935. The SMILES string of the molecule is CCN(CC)S(=O)(=O)c1ccc(-c2nc(C#N)c(NC3CCCCC3)o2)cc1. The maximum absolute atomic E-state index is 12.6. The van der Waals surface area contributed by atoms with E-state index in [2.05, 4.69) is 16.4 Å². The van der Waals surface area contributed by atoms with Crippen LogP contribution in [0.5, 0.6) is 0 Å². The summed E-state index contributed by atoms with van der Waals surface area (Å²) in [4.78, 5) is 4.50. The first-order chi connectivity index (χ1) is 13.5. The molecule has 1 aromatic carbocycles. The summed E-state index contributed by atoms with van der Waals surface area (Å²) in [6, 6.07) is 8.78. The number of nitrogens with one attached hydrogen (secondary N) is 1. The second kappa shape index (κ2) is 8.76. The lowest BCUT2D eigenvalue weighted by Gasteiger charge is -2.22. The molecule has 0 saturated heterocycles. The van der Waals surface area contributed by atoms with Gasteiger partial charge in [-0.15, -0.1) is 0 Å². The van der Waals surface area contributed by atoms with Gasteiger partial charge in [-0.25, -0.2) is 8.42 Å². The van der Waals surface area contributed by atoms with Gasteiger partial charge in [0.15, 0.2) is 0 Å². The quantitative estimate of drug-likeness (QED) is 0.752. The molecule has 28 heavy (non-hydrogen) atoms. The minimum Gasteiger partial charge on any atom is -0.419 e. The zero-order valence-electron chi connectivity index (χ0n) is 16.3. The van der Waals surface area contributed by atoms with Gasteiger partial charge >= 0.3 is 0 Å². The van der Waals surface area contributed by atoms with Gasteiger partial charge in [-0.3, -0.25) is 0 Å². The lowest BCUT2D eigenvalue weighted by Crippen LogP contribution is -2.30. The highest BCUT2D eigenvalue weighted by Crippen LogP contribution is 2.29. The number of hydrogen-bond acceptors (Lipinski definition) is 6. The topological polar surface area (TPSA) is 99.2 Å². The van der Waals surface area contributed by atoms with Crippen LogP contribution in [0.3, 0.4) is 0 Å². The van der Waals surface area contributed by atoms with E-state index < -0.39 is 10.0 Å². The summed E-state index contributed by atoms with van der Waals surface area (Å²) in [6.07, 6.45) is 5.69. The lowest BCUT2D eigenvalue weighted by atomic mass is 9.95. The predicted molar refractivity (Wildman–Crippen MR) is 107 cm³/mol. The lowest BCUT2D eigenvalue weighted by molar-refractivity contribution is 0.445. The highest BCUT2D eigenvalue weighted by Gasteiger charge is 2.23. The van der Waals surface area contributed by atoms with Crippen molar-refractivity contribution < 1.29 is 12.8 Å². The van der Waals surface area contributed by atoms with Crippen molar-refractivity contribution in [1.29, 1.82) is 5.26 Å². The normalized spacial score (nSPS) is 15.5. The van der Waals surface area contributed by atoms with Gasteiger partial charge in [0.05, 0.1) is 4.90 Å².